The van der Waals surface area contributed by atoms with Crippen molar-refractivity contribution in [2.45, 2.75) is 13.3 Å². The number of rotatable bonds is 6. The molecule has 7 heteroatoms. The lowest BCUT2D eigenvalue weighted by Crippen LogP contribution is -2.32. The molecule has 0 radical (unpaired) electrons. The second-order valence-corrected chi connectivity index (χ2v) is 6.08. The fourth-order valence-electron chi connectivity index (χ4n) is 2.28. The first-order valence-electron chi connectivity index (χ1n) is 7.58. The van der Waals surface area contributed by atoms with Gasteiger partial charge in [0, 0.05) is 25.6 Å². The molecule has 0 atom stereocenters. The van der Waals surface area contributed by atoms with Crippen molar-refractivity contribution in [1.82, 2.24) is 0 Å². The molecule has 0 spiro atoms. The minimum atomic E-state index is -0.237. The van der Waals surface area contributed by atoms with Gasteiger partial charge in [-0.25, -0.2) is 0 Å². The molecule has 2 aromatic rings. The molecule has 0 bridgehead atoms. The van der Waals surface area contributed by atoms with E-state index in [9.17, 15) is 9.59 Å². The average molecular weight is 381 g/mol. The van der Waals surface area contributed by atoms with Crippen molar-refractivity contribution in [1.29, 1.82) is 0 Å². The predicted molar refractivity (Wildman–Crippen MR) is 101 cm³/mol. The lowest BCUT2D eigenvalue weighted by molar-refractivity contribution is -0.117. The summed E-state index contributed by atoms with van der Waals surface area (Å²) in [7, 11) is 1.52. The number of benzene rings is 2. The highest BCUT2D eigenvalue weighted by Gasteiger charge is 2.15. The van der Waals surface area contributed by atoms with Gasteiger partial charge in [-0.2, -0.15) is 0 Å². The Kier molecular flexibility index (Phi) is 6.67. The van der Waals surface area contributed by atoms with E-state index in [2.05, 4.69) is 5.32 Å². The monoisotopic (exact) mass is 380 g/mol. The summed E-state index contributed by atoms with van der Waals surface area (Å²) in [5, 5.41) is 3.59. The summed E-state index contributed by atoms with van der Waals surface area (Å²) in [4.78, 5) is 25.6. The van der Waals surface area contributed by atoms with Crippen molar-refractivity contribution < 1.29 is 14.3 Å². The molecule has 0 aromatic heterocycles. The lowest BCUT2D eigenvalue weighted by Gasteiger charge is -2.21. The van der Waals surface area contributed by atoms with Crippen molar-refractivity contribution in [2.75, 3.05) is 23.9 Å². The van der Waals surface area contributed by atoms with Gasteiger partial charge in [0.1, 0.15) is 5.75 Å². The topological polar surface area (TPSA) is 58.6 Å². The summed E-state index contributed by atoms with van der Waals surface area (Å²) in [5.74, 6) is 0.0936. The van der Waals surface area contributed by atoms with E-state index in [0.717, 1.165) is 0 Å². The van der Waals surface area contributed by atoms with E-state index in [-0.39, 0.29) is 24.8 Å². The fraction of sp³-hybridized carbons (Fsp3) is 0.222. The smallest absolute Gasteiger partial charge is 0.226 e. The number of carbonyl (C=O) groups is 2. The quantitative estimate of drug-likeness (QED) is 0.808. The summed E-state index contributed by atoms with van der Waals surface area (Å²) in [6.07, 6.45) is 0.119. The highest BCUT2D eigenvalue weighted by atomic mass is 35.5. The SMILES string of the molecule is COc1ccc(N(CCC(=O)Nc2ccccc2Cl)C(C)=O)cc1Cl. The Morgan fingerprint density at radius 3 is 2.44 bits per heavy atom. The van der Waals surface area contributed by atoms with E-state index in [1.165, 1.54) is 18.9 Å². The van der Waals surface area contributed by atoms with E-state index in [1.807, 2.05) is 0 Å². The Hall–Kier alpha value is -2.24. The van der Waals surface area contributed by atoms with Gasteiger partial charge in [0.05, 0.1) is 22.8 Å². The number of halogens is 2. The number of carbonyl (C=O) groups excluding carboxylic acids is 2. The first kappa shape index (κ1) is 19.1. The van der Waals surface area contributed by atoms with Gasteiger partial charge in [0.15, 0.2) is 0 Å². The molecule has 2 amide bonds. The second kappa shape index (κ2) is 8.74. The van der Waals surface area contributed by atoms with Crippen molar-refractivity contribution >= 4 is 46.4 Å². The van der Waals surface area contributed by atoms with Gasteiger partial charge in [-0.3, -0.25) is 9.59 Å². The van der Waals surface area contributed by atoms with Crippen LogP contribution < -0.4 is 15.0 Å². The molecule has 0 aliphatic heterocycles. The maximum Gasteiger partial charge on any atom is 0.226 e. The molecule has 0 saturated carbocycles. The van der Waals surface area contributed by atoms with Gasteiger partial charge in [-0.05, 0) is 30.3 Å². The molecule has 0 heterocycles. The minimum absolute atomic E-state index is 0.119. The van der Waals surface area contributed by atoms with Gasteiger partial charge in [-0.15, -0.1) is 0 Å². The predicted octanol–water partition coefficient (Wildman–Crippen LogP) is 4.38. The van der Waals surface area contributed by atoms with Crippen LogP contribution in [0.3, 0.4) is 0 Å². The van der Waals surface area contributed by atoms with Crippen LogP contribution in [0.15, 0.2) is 42.5 Å². The Morgan fingerprint density at radius 1 is 1.12 bits per heavy atom. The number of anilines is 2. The number of nitrogens with zero attached hydrogens (tertiary/aromatic N) is 1. The third kappa shape index (κ3) is 5.11. The second-order valence-electron chi connectivity index (χ2n) is 5.27. The number of amides is 2. The van der Waals surface area contributed by atoms with Gasteiger partial charge < -0.3 is 15.0 Å². The molecule has 132 valence electrons. The van der Waals surface area contributed by atoms with E-state index < -0.39 is 0 Å². The highest BCUT2D eigenvalue weighted by molar-refractivity contribution is 6.33. The zero-order valence-electron chi connectivity index (χ0n) is 13.9. The standard InChI is InChI=1S/C18H18Cl2N2O3/c1-12(23)22(13-7-8-17(25-2)15(20)11-13)10-9-18(24)21-16-6-4-3-5-14(16)19/h3-8,11H,9-10H2,1-2H3,(H,21,24). The van der Waals surface area contributed by atoms with Crippen molar-refractivity contribution in [3.05, 3.63) is 52.5 Å². The number of nitrogens with one attached hydrogen (secondary N) is 1. The van der Waals surface area contributed by atoms with E-state index in [4.69, 9.17) is 27.9 Å². The van der Waals surface area contributed by atoms with Crippen molar-refractivity contribution in [3.8, 4) is 5.75 Å². The number of hydrogen-bond acceptors (Lipinski definition) is 3. The Labute approximate surface area is 156 Å². The third-order valence-corrected chi connectivity index (χ3v) is 4.16. The van der Waals surface area contributed by atoms with Gasteiger partial charge >= 0.3 is 0 Å². The van der Waals surface area contributed by atoms with E-state index in [0.29, 0.717) is 27.2 Å². The molecule has 25 heavy (non-hydrogen) atoms. The zero-order valence-corrected chi connectivity index (χ0v) is 15.4. The number of ether oxygens (including phenoxy) is 1. The first-order chi connectivity index (χ1) is 11.9. The van der Waals surface area contributed by atoms with Gasteiger partial charge in [-0.1, -0.05) is 35.3 Å². The maximum atomic E-state index is 12.1. The molecule has 0 fully saturated rings. The van der Waals surface area contributed by atoms with Crippen molar-refractivity contribution in [2.24, 2.45) is 0 Å². The van der Waals surface area contributed by atoms with Gasteiger partial charge in [0.25, 0.3) is 0 Å². The summed E-state index contributed by atoms with van der Waals surface area (Å²) in [6, 6.07) is 12.0. The normalized spacial score (nSPS) is 10.2. The third-order valence-electron chi connectivity index (χ3n) is 3.54. The van der Waals surface area contributed by atoms with Crippen LogP contribution in [-0.2, 0) is 9.59 Å². The molecule has 0 unspecified atom stereocenters. The summed E-state index contributed by atoms with van der Waals surface area (Å²) >= 11 is 12.1. The number of para-hydroxylation sites is 1. The molecule has 0 aliphatic rings. The van der Waals surface area contributed by atoms with Crippen LogP contribution in [0.1, 0.15) is 13.3 Å². The molecule has 0 aliphatic carbocycles. The Balaban J connectivity index is 2.05. The van der Waals surface area contributed by atoms with Crippen LogP contribution in [0, 0.1) is 0 Å². The Morgan fingerprint density at radius 2 is 1.84 bits per heavy atom. The maximum absolute atomic E-state index is 12.1. The molecule has 0 saturated heterocycles. The van der Waals surface area contributed by atoms with Crippen LogP contribution >= 0.6 is 23.2 Å². The molecular weight excluding hydrogens is 363 g/mol. The van der Waals surface area contributed by atoms with E-state index >= 15 is 0 Å². The lowest BCUT2D eigenvalue weighted by atomic mass is 10.2. The first-order valence-corrected chi connectivity index (χ1v) is 8.34. The minimum Gasteiger partial charge on any atom is -0.495 e. The van der Waals surface area contributed by atoms with E-state index in [1.54, 1.807) is 42.5 Å². The van der Waals surface area contributed by atoms with Crippen LogP contribution in [0.4, 0.5) is 11.4 Å². The molecule has 5 nitrogen and oxygen atoms in total. The largest absolute Gasteiger partial charge is 0.495 e. The van der Waals surface area contributed by atoms with Crippen LogP contribution in [0.5, 0.6) is 5.75 Å². The highest BCUT2D eigenvalue weighted by Crippen LogP contribution is 2.29. The Bertz CT molecular complexity index is 781. The summed E-state index contributed by atoms with van der Waals surface area (Å²) in [6.45, 7) is 1.65. The van der Waals surface area contributed by atoms with Crippen LogP contribution in [0.2, 0.25) is 10.0 Å². The number of hydrogen-bond donors (Lipinski definition) is 1. The molecule has 2 aromatic carbocycles. The van der Waals surface area contributed by atoms with Crippen molar-refractivity contribution in [3.63, 3.8) is 0 Å². The zero-order chi connectivity index (χ0) is 18.4. The fourth-order valence-corrected chi connectivity index (χ4v) is 2.72. The van der Waals surface area contributed by atoms with Crippen LogP contribution in [0.25, 0.3) is 0 Å². The summed E-state index contributed by atoms with van der Waals surface area (Å²) in [5.41, 5.74) is 1.14. The number of methoxy groups -OCH3 is 1. The van der Waals surface area contributed by atoms with Crippen LogP contribution in [-0.4, -0.2) is 25.5 Å². The molecule has 2 rings (SSSR count). The summed E-state index contributed by atoms with van der Waals surface area (Å²) < 4.78 is 5.10. The van der Waals surface area contributed by atoms with Gasteiger partial charge in [0.2, 0.25) is 11.8 Å². The molecular formula is C18H18Cl2N2O3. The average Bonchev–Trinajstić information content (AvgIpc) is 2.57. The molecule has 1 N–H and O–H groups in total.